The molecule has 0 aliphatic carbocycles. The summed E-state index contributed by atoms with van der Waals surface area (Å²) in [6, 6.07) is 9.21. The monoisotopic (exact) mass is 204 g/mol. The molecule has 0 radical (unpaired) electrons. The average Bonchev–Trinajstić information content (AvgIpc) is 2.27. The van der Waals surface area contributed by atoms with Gasteiger partial charge >= 0.3 is 0 Å². The van der Waals surface area contributed by atoms with E-state index in [-0.39, 0.29) is 12.3 Å². The number of rotatable bonds is 4. The Morgan fingerprint density at radius 3 is 2.93 bits per heavy atom. The Morgan fingerprint density at radius 2 is 2.27 bits per heavy atom. The zero-order valence-electron chi connectivity index (χ0n) is 8.49. The molecular weight excluding hydrogens is 192 g/mol. The van der Waals surface area contributed by atoms with E-state index in [1.165, 1.54) is 0 Å². The number of methoxy groups -OCH3 is 1. The maximum absolute atomic E-state index is 11.0. The number of hydrogen-bond donors (Lipinski definition) is 1. The van der Waals surface area contributed by atoms with E-state index in [9.17, 15) is 4.79 Å². The highest BCUT2D eigenvalue weighted by atomic mass is 16.5. The fraction of sp³-hybridized carbons (Fsp3) is 0.273. The first-order valence-electron chi connectivity index (χ1n) is 4.53. The molecule has 4 heteroatoms. The molecule has 15 heavy (non-hydrogen) atoms. The van der Waals surface area contributed by atoms with Crippen molar-refractivity contribution in [2.75, 3.05) is 7.11 Å². The molecule has 0 heterocycles. The molecule has 0 bridgehead atoms. The third-order valence-electron chi connectivity index (χ3n) is 1.91. The molecule has 0 spiro atoms. The number of para-hydroxylation sites is 1. The van der Waals surface area contributed by atoms with Crippen molar-refractivity contribution in [3.63, 3.8) is 0 Å². The largest absolute Gasteiger partial charge is 0.496 e. The van der Waals surface area contributed by atoms with Crippen LogP contribution in [0.15, 0.2) is 24.3 Å². The van der Waals surface area contributed by atoms with Gasteiger partial charge in [0.05, 0.1) is 13.2 Å². The first-order chi connectivity index (χ1) is 7.27. The molecule has 1 aromatic carbocycles. The van der Waals surface area contributed by atoms with Crippen molar-refractivity contribution in [2.24, 2.45) is 0 Å². The second-order valence-corrected chi connectivity index (χ2v) is 2.92. The van der Waals surface area contributed by atoms with Crippen molar-refractivity contribution in [2.45, 2.75) is 13.0 Å². The van der Waals surface area contributed by atoms with Crippen LogP contribution in [-0.4, -0.2) is 13.0 Å². The molecular formula is C11H12N2O2. The molecule has 1 rings (SSSR count). The van der Waals surface area contributed by atoms with E-state index >= 15 is 0 Å². The highest BCUT2D eigenvalue weighted by Gasteiger charge is 2.03. The van der Waals surface area contributed by atoms with Gasteiger partial charge in [0, 0.05) is 12.1 Å². The molecule has 0 atom stereocenters. The van der Waals surface area contributed by atoms with Gasteiger partial charge in [-0.25, -0.2) is 0 Å². The van der Waals surface area contributed by atoms with Crippen molar-refractivity contribution < 1.29 is 9.53 Å². The standard InChI is InChI=1S/C11H12N2O2/c1-15-10-5-3-2-4-9(10)8-13-11(14)6-7-12/h2-5H,6,8H2,1H3,(H,13,14). The van der Waals surface area contributed by atoms with Crippen LogP contribution in [0.25, 0.3) is 0 Å². The summed E-state index contributed by atoms with van der Waals surface area (Å²) in [6.07, 6.45) is -0.116. The molecule has 78 valence electrons. The number of hydrogen-bond acceptors (Lipinski definition) is 3. The van der Waals surface area contributed by atoms with Crippen LogP contribution in [-0.2, 0) is 11.3 Å². The highest BCUT2D eigenvalue weighted by Crippen LogP contribution is 2.16. The number of carbonyl (C=O) groups excluding carboxylic acids is 1. The van der Waals surface area contributed by atoms with Crippen LogP contribution in [0.3, 0.4) is 0 Å². The molecule has 0 saturated carbocycles. The number of carbonyl (C=O) groups is 1. The summed E-state index contributed by atoms with van der Waals surface area (Å²) in [5, 5.41) is 10.9. The Hall–Kier alpha value is -2.02. The third-order valence-corrected chi connectivity index (χ3v) is 1.91. The first kappa shape index (κ1) is 11.1. The van der Waals surface area contributed by atoms with Crippen LogP contribution in [0.2, 0.25) is 0 Å². The van der Waals surface area contributed by atoms with Crippen LogP contribution in [0, 0.1) is 11.3 Å². The van der Waals surface area contributed by atoms with Gasteiger partial charge in [0.2, 0.25) is 5.91 Å². The minimum atomic E-state index is -0.275. The fourth-order valence-corrected chi connectivity index (χ4v) is 1.18. The number of nitrogens with zero attached hydrogens (tertiary/aromatic N) is 1. The second kappa shape index (κ2) is 5.66. The summed E-state index contributed by atoms with van der Waals surface area (Å²) < 4.78 is 5.12. The Balaban J connectivity index is 2.57. The molecule has 1 aromatic rings. The Bertz CT molecular complexity index is 382. The minimum Gasteiger partial charge on any atom is -0.496 e. The lowest BCUT2D eigenvalue weighted by atomic mass is 10.2. The van der Waals surface area contributed by atoms with Gasteiger partial charge in [-0.3, -0.25) is 4.79 Å². The molecule has 1 N–H and O–H groups in total. The molecule has 0 aliphatic heterocycles. The van der Waals surface area contributed by atoms with E-state index in [0.29, 0.717) is 6.54 Å². The number of ether oxygens (including phenoxy) is 1. The Morgan fingerprint density at radius 1 is 1.53 bits per heavy atom. The lowest BCUT2D eigenvalue weighted by molar-refractivity contribution is -0.120. The molecule has 0 fully saturated rings. The zero-order valence-corrected chi connectivity index (χ0v) is 8.49. The smallest absolute Gasteiger partial charge is 0.234 e. The van der Waals surface area contributed by atoms with Gasteiger partial charge < -0.3 is 10.1 Å². The van der Waals surface area contributed by atoms with E-state index in [1.807, 2.05) is 24.3 Å². The maximum Gasteiger partial charge on any atom is 0.234 e. The van der Waals surface area contributed by atoms with Crippen molar-refractivity contribution in [3.8, 4) is 11.8 Å². The van der Waals surface area contributed by atoms with Crippen LogP contribution < -0.4 is 10.1 Å². The number of nitriles is 1. The van der Waals surface area contributed by atoms with Crippen molar-refractivity contribution in [3.05, 3.63) is 29.8 Å². The summed E-state index contributed by atoms with van der Waals surface area (Å²) in [4.78, 5) is 11.0. The number of nitrogens with one attached hydrogen (secondary N) is 1. The van der Waals surface area contributed by atoms with E-state index in [1.54, 1.807) is 13.2 Å². The predicted molar refractivity (Wildman–Crippen MR) is 55.1 cm³/mol. The van der Waals surface area contributed by atoms with Crippen molar-refractivity contribution >= 4 is 5.91 Å². The minimum absolute atomic E-state index is 0.116. The topological polar surface area (TPSA) is 62.1 Å². The fourth-order valence-electron chi connectivity index (χ4n) is 1.18. The van der Waals surface area contributed by atoms with Gasteiger partial charge in [-0.1, -0.05) is 18.2 Å². The molecule has 4 nitrogen and oxygen atoms in total. The predicted octanol–water partition coefficient (Wildman–Crippen LogP) is 1.23. The molecule has 0 aromatic heterocycles. The average molecular weight is 204 g/mol. The van der Waals surface area contributed by atoms with Gasteiger partial charge in [-0.15, -0.1) is 0 Å². The van der Waals surface area contributed by atoms with Crippen LogP contribution >= 0.6 is 0 Å². The second-order valence-electron chi connectivity index (χ2n) is 2.92. The highest BCUT2D eigenvalue weighted by molar-refractivity contribution is 5.77. The summed E-state index contributed by atoms with van der Waals surface area (Å²) in [5.74, 6) is 0.457. The number of amides is 1. The zero-order chi connectivity index (χ0) is 11.1. The Kier molecular flexibility index (Phi) is 4.17. The normalized spacial score (nSPS) is 9.07. The van der Waals surface area contributed by atoms with Crippen LogP contribution in [0.5, 0.6) is 5.75 Å². The lowest BCUT2D eigenvalue weighted by Crippen LogP contribution is -2.22. The molecule has 0 aliphatic rings. The summed E-state index contributed by atoms with van der Waals surface area (Å²) in [7, 11) is 1.58. The van der Waals surface area contributed by atoms with Crippen molar-refractivity contribution in [1.29, 1.82) is 5.26 Å². The summed E-state index contributed by atoms with van der Waals surface area (Å²) in [6.45, 7) is 0.379. The first-order valence-corrected chi connectivity index (χ1v) is 4.53. The summed E-state index contributed by atoms with van der Waals surface area (Å²) >= 11 is 0. The Labute approximate surface area is 88.5 Å². The van der Waals surface area contributed by atoms with Crippen LogP contribution in [0.4, 0.5) is 0 Å². The van der Waals surface area contributed by atoms with Crippen LogP contribution in [0.1, 0.15) is 12.0 Å². The van der Waals surface area contributed by atoms with Gasteiger partial charge in [0.1, 0.15) is 12.2 Å². The summed E-state index contributed by atoms with van der Waals surface area (Å²) in [5.41, 5.74) is 0.895. The van der Waals surface area contributed by atoms with Crippen molar-refractivity contribution in [1.82, 2.24) is 5.32 Å². The van der Waals surface area contributed by atoms with E-state index in [4.69, 9.17) is 10.00 Å². The van der Waals surface area contributed by atoms with E-state index < -0.39 is 0 Å². The lowest BCUT2D eigenvalue weighted by Gasteiger charge is -2.08. The third kappa shape index (κ3) is 3.31. The van der Waals surface area contributed by atoms with Gasteiger partial charge in [0.25, 0.3) is 0 Å². The maximum atomic E-state index is 11.0. The molecule has 0 unspecified atom stereocenters. The van der Waals surface area contributed by atoms with E-state index in [0.717, 1.165) is 11.3 Å². The van der Waals surface area contributed by atoms with Gasteiger partial charge in [-0.2, -0.15) is 5.26 Å². The SMILES string of the molecule is COc1ccccc1CNC(=O)CC#N. The molecule has 0 saturated heterocycles. The van der Waals surface area contributed by atoms with E-state index in [2.05, 4.69) is 5.32 Å². The number of benzene rings is 1. The molecule has 1 amide bonds. The quantitative estimate of drug-likeness (QED) is 0.802. The van der Waals surface area contributed by atoms with Gasteiger partial charge in [0.15, 0.2) is 0 Å². The van der Waals surface area contributed by atoms with Gasteiger partial charge in [-0.05, 0) is 6.07 Å².